The lowest BCUT2D eigenvalue weighted by Gasteiger charge is -2.28. The molecular weight excluding hydrogens is 418 g/mol. The molecule has 8 nitrogen and oxygen atoms in total. The van der Waals surface area contributed by atoms with E-state index in [2.05, 4.69) is 10.6 Å². The maximum atomic E-state index is 12.8. The number of nitrogens with one attached hydrogen (secondary N) is 2. The number of rotatable bonds is 7. The molecule has 1 aliphatic heterocycles. The molecule has 2 aromatic rings. The Morgan fingerprint density at radius 3 is 2.35 bits per heavy atom. The lowest BCUT2D eigenvalue weighted by atomic mass is 10.0. The molecule has 3 N–H and O–H groups in total. The summed E-state index contributed by atoms with van der Waals surface area (Å²) < 4.78 is 0. The Balaban J connectivity index is 1.72. The highest BCUT2D eigenvalue weighted by Gasteiger charge is 2.37. The number of thioether (sulfide) groups is 1. The predicted octanol–water partition coefficient (Wildman–Crippen LogP) is 1.97. The summed E-state index contributed by atoms with van der Waals surface area (Å²) in [6.07, 6.45) is -0.0343. The van der Waals surface area contributed by atoms with E-state index >= 15 is 0 Å². The highest BCUT2D eigenvalue weighted by atomic mass is 32.2. The normalized spacial score (nSPS) is 16.4. The molecular formula is C22H23N3O5S. The van der Waals surface area contributed by atoms with E-state index in [1.54, 1.807) is 48.5 Å². The summed E-state index contributed by atoms with van der Waals surface area (Å²) in [5, 5.41) is 15.5. The first-order valence-electron chi connectivity index (χ1n) is 9.69. The number of amides is 3. The number of imide groups is 1. The van der Waals surface area contributed by atoms with E-state index in [4.69, 9.17) is 0 Å². The molecule has 1 fully saturated rings. The van der Waals surface area contributed by atoms with Crippen LogP contribution in [0.25, 0.3) is 0 Å². The van der Waals surface area contributed by atoms with Crippen LogP contribution in [0.2, 0.25) is 0 Å². The van der Waals surface area contributed by atoms with Crippen molar-refractivity contribution >= 4 is 41.1 Å². The van der Waals surface area contributed by atoms with Gasteiger partial charge in [-0.15, -0.1) is 11.8 Å². The van der Waals surface area contributed by atoms with Crippen molar-refractivity contribution in [2.24, 2.45) is 0 Å². The molecule has 0 unspecified atom stereocenters. The number of carbonyl (C=O) groups excluding carboxylic acids is 3. The van der Waals surface area contributed by atoms with Gasteiger partial charge in [-0.3, -0.25) is 24.6 Å². The number of aliphatic carboxylic acids is 1. The zero-order chi connectivity index (χ0) is 22.4. The summed E-state index contributed by atoms with van der Waals surface area (Å²) in [6.45, 7) is 1.19. The maximum Gasteiger partial charge on any atom is 0.327 e. The molecule has 3 rings (SSSR count). The van der Waals surface area contributed by atoms with E-state index in [9.17, 15) is 24.3 Å². The fraction of sp³-hybridized carbons (Fsp3) is 0.273. The van der Waals surface area contributed by atoms with Crippen molar-refractivity contribution in [3.63, 3.8) is 0 Å². The van der Waals surface area contributed by atoms with Gasteiger partial charge in [0.1, 0.15) is 6.04 Å². The second kappa shape index (κ2) is 10.2. The molecule has 2 aromatic carbocycles. The van der Waals surface area contributed by atoms with Gasteiger partial charge >= 0.3 is 5.97 Å². The Morgan fingerprint density at radius 2 is 1.81 bits per heavy atom. The zero-order valence-corrected chi connectivity index (χ0v) is 17.7. The average molecular weight is 442 g/mol. The number of hydrogen-bond donors (Lipinski definition) is 3. The van der Waals surface area contributed by atoms with Crippen LogP contribution in [0.1, 0.15) is 22.8 Å². The van der Waals surface area contributed by atoms with Gasteiger partial charge in [0.2, 0.25) is 11.8 Å². The summed E-state index contributed by atoms with van der Waals surface area (Å²) in [5.74, 6) is -1.58. The molecule has 0 aromatic heterocycles. The predicted molar refractivity (Wildman–Crippen MR) is 118 cm³/mol. The summed E-state index contributed by atoms with van der Waals surface area (Å²) in [7, 11) is 0. The standard InChI is InChI=1S/C22H23N3O5S/c1-14(26)25(21(28)18-12-31-13-23-18)19(22(29)30)11-15-7-9-17(10-8-15)24-20(27)16-5-3-2-4-6-16/h2-10,18-19,23H,11-13H2,1H3,(H,24,27)(H,29,30)/t18-,19-/m0/s1. The second-order valence-corrected chi connectivity index (χ2v) is 8.10. The molecule has 31 heavy (non-hydrogen) atoms. The molecule has 1 saturated heterocycles. The number of carbonyl (C=O) groups is 4. The quantitative estimate of drug-likeness (QED) is 0.602. The summed E-state index contributed by atoms with van der Waals surface area (Å²) in [5.41, 5.74) is 1.70. The Hall–Kier alpha value is -3.17. The van der Waals surface area contributed by atoms with Gasteiger partial charge in [0.05, 0.1) is 6.04 Å². The minimum absolute atomic E-state index is 0.0343. The average Bonchev–Trinajstić information content (AvgIpc) is 3.29. The summed E-state index contributed by atoms with van der Waals surface area (Å²) >= 11 is 1.52. The molecule has 0 bridgehead atoms. The molecule has 0 aliphatic carbocycles. The van der Waals surface area contributed by atoms with Crippen LogP contribution in [0, 0.1) is 0 Å². The molecule has 9 heteroatoms. The smallest absolute Gasteiger partial charge is 0.327 e. The van der Waals surface area contributed by atoms with E-state index in [1.807, 2.05) is 6.07 Å². The van der Waals surface area contributed by atoms with Crippen molar-refractivity contribution in [1.29, 1.82) is 0 Å². The number of carboxylic acids is 1. The van der Waals surface area contributed by atoms with Crippen LogP contribution in [0.4, 0.5) is 5.69 Å². The molecule has 2 atom stereocenters. The molecule has 1 aliphatic rings. The van der Waals surface area contributed by atoms with Gasteiger partial charge < -0.3 is 10.4 Å². The number of hydrogen-bond acceptors (Lipinski definition) is 6. The third-order valence-corrected chi connectivity index (χ3v) is 5.80. The largest absolute Gasteiger partial charge is 0.480 e. The molecule has 0 saturated carbocycles. The highest BCUT2D eigenvalue weighted by molar-refractivity contribution is 7.99. The van der Waals surface area contributed by atoms with Gasteiger partial charge in [-0.1, -0.05) is 30.3 Å². The van der Waals surface area contributed by atoms with Gasteiger partial charge in [-0.25, -0.2) is 4.79 Å². The minimum atomic E-state index is -1.32. The van der Waals surface area contributed by atoms with Crippen molar-refractivity contribution in [2.75, 3.05) is 16.9 Å². The van der Waals surface area contributed by atoms with Gasteiger partial charge in [0.25, 0.3) is 5.91 Å². The Kier molecular flexibility index (Phi) is 7.43. The SMILES string of the molecule is CC(=O)N(C(=O)[C@@H]1CSCN1)[C@@H](Cc1ccc(NC(=O)c2ccccc2)cc1)C(=O)O. The first kappa shape index (κ1) is 22.5. The Bertz CT molecular complexity index is 959. The van der Waals surface area contributed by atoms with Crippen LogP contribution in [0.5, 0.6) is 0 Å². The van der Waals surface area contributed by atoms with Crippen LogP contribution in [0.3, 0.4) is 0 Å². The zero-order valence-electron chi connectivity index (χ0n) is 16.9. The molecule has 0 radical (unpaired) electrons. The van der Waals surface area contributed by atoms with E-state index < -0.39 is 29.9 Å². The van der Waals surface area contributed by atoms with Crippen molar-refractivity contribution in [1.82, 2.24) is 10.2 Å². The van der Waals surface area contributed by atoms with E-state index in [0.717, 1.165) is 4.90 Å². The Morgan fingerprint density at radius 1 is 1.13 bits per heavy atom. The van der Waals surface area contributed by atoms with Crippen LogP contribution in [-0.2, 0) is 20.8 Å². The van der Waals surface area contributed by atoms with Crippen LogP contribution < -0.4 is 10.6 Å². The molecule has 162 valence electrons. The van der Waals surface area contributed by atoms with Crippen LogP contribution >= 0.6 is 11.8 Å². The van der Waals surface area contributed by atoms with Crippen LogP contribution in [-0.4, -0.2) is 57.4 Å². The first-order chi connectivity index (χ1) is 14.9. The van der Waals surface area contributed by atoms with E-state index in [1.165, 1.54) is 18.7 Å². The van der Waals surface area contributed by atoms with Crippen molar-refractivity contribution in [3.8, 4) is 0 Å². The highest BCUT2D eigenvalue weighted by Crippen LogP contribution is 2.18. The fourth-order valence-corrected chi connectivity index (χ4v) is 4.21. The van der Waals surface area contributed by atoms with E-state index in [-0.39, 0.29) is 12.3 Å². The number of nitrogens with zero attached hydrogens (tertiary/aromatic N) is 1. The van der Waals surface area contributed by atoms with Gasteiger partial charge in [-0.2, -0.15) is 0 Å². The van der Waals surface area contributed by atoms with E-state index in [0.29, 0.717) is 28.4 Å². The van der Waals surface area contributed by atoms with Crippen molar-refractivity contribution < 1.29 is 24.3 Å². The number of benzene rings is 2. The third-order valence-electron chi connectivity index (χ3n) is 4.86. The van der Waals surface area contributed by atoms with Gasteiger partial charge in [0.15, 0.2) is 0 Å². The monoisotopic (exact) mass is 441 g/mol. The van der Waals surface area contributed by atoms with Crippen molar-refractivity contribution in [3.05, 3.63) is 65.7 Å². The van der Waals surface area contributed by atoms with Crippen LogP contribution in [0.15, 0.2) is 54.6 Å². The third kappa shape index (κ3) is 5.71. The maximum absolute atomic E-state index is 12.8. The number of carboxylic acid groups (broad SMARTS) is 1. The first-order valence-corrected chi connectivity index (χ1v) is 10.8. The molecule has 3 amide bonds. The summed E-state index contributed by atoms with van der Waals surface area (Å²) in [6, 6.07) is 13.5. The summed E-state index contributed by atoms with van der Waals surface area (Å²) in [4.78, 5) is 49.9. The van der Waals surface area contributed by atoms with Gasteiger partial charge in [-0.05, 0) is 29.8 Å². The minimum Gasteiger partial charge on any atom is -0.480 e. The van der Waals surface area contributed by atoms with Gasteiger partial charge in [0, 0.05) is 36.2 Å². The molecule has 0 spiro atoms. The Labute approximate surface area is 184 Å². The lowest BCUT2D eigenvalue weighted by molar-refractivity contribution is -0.157. The fourth-order valence-electron chi connectivity index (χ4n) is 3.28. The lowest BCUT2D eigenvalue weighted by Crippen LogP contribution is -2.54. The van der Waals surface area contributed by atoms with Crippen molar-refractivity contribution in [2.45, 2.75) is 25.4 Å². The second-order valence-electron chi connectivity index (χ2n) is 7.07. The number of anilines is 1. The topological polar surface area (TPSA) is 116 Å². The molecule has 1 heterocycles.